The van der Waals surface area contributed by atoms with E-state index in [0.717, 1.165) is 60.4 Å². The molecule has 0 bridgehead atoms. The van der Waals surface area contributed by atoms with Gasteiger partial charge in [0.1, 0.15) is 11.4 Å². The molecule has 1 aliphatic heterocycles. The van der Waals surface area contributed by atoms with Crippen LogP contribution in [0.4, 0.5) is 0 Å². The normalized spacial score (nSPS) is 14.2. The van der Waals surface area contributed by atoms with Crippen molar-refractivity contribution in [3.63, 3.8) is 0 Å². The Morgan fingerprint density at radius 2 is 2.19 bits per heavy atom. The van der Waals surface area contributed by atoms with Crippen molar-refractivity contribution in [3.8, 4) is 0 Å². The first-order valence-corrected chi connectivity index (χ1v) is 9.41. The molecule has 1 N–H and O–H groups in total. The molecule has 1 aliphatic rings. The third-order valence-electron chi connectivity index (χ3n) is 5.11. The summed E-state index contributed by atoms with van der Waals surface area (Å²) in [6.45, 7) is 3.48. The number of rotatable bonds is 5. The number of nitrogens with zero attached hydrogens (tertiary/aromatic N) is 3. The largest absolute Gasteiger partial charge is 0.464 e. The molecular weight excluding hydrogens is 328 g/mol. The molecule has 6 heteroatoms. The topological polar surface area (TPSA) is 73.0 Å². The second kappa shape index (κ2) is 7.32. The van der Waals surface area contributed by atoms with Gasteiger partial charge in [0.15, 0.2) is 5.82 Å². The number of hydrogen-bond acceptors (Lipinski definition) is 4. The van der Waals surface area contributed by atoms with Gasteiger partial charge in [-0.25, -0.2) is 0 Å². The van der Waals surface area contributed by atoms with Crippen molar-refractivity contribution in [2.75, 3.05) is 0 Å². The molecule has 3 aromatic rings. The van der Waals surface area contributed by atoms with Crippen molar-refractivity contribution in [1.29, 1.82) is 0 Å². The Morgan fingerprint density at radius 3 is 3.08 bits per heavy atom. The average molecular weight is 352 g/mol. The zero-order chi connectivity index (χ0) is 17.9. The van der Waals surface area contributed by atoms with E-state index in [2.05, 4.69) is 33.1 Å². The zero-order valence-corrected chi connectivity index (χ0v) is 15.1. The van der Waals surface area contributed by atoms with Gasteiger partial charge in [0, 0.05) is 23.9 Å². The van der Waals surface area contributed by atoms with E-state index >= 15 is 0 Å². The lowest BCUT2D eigenvalue weighted by atomic mass is 10.1. The second-order valence-corrected chi connectivity index (χ2v) is 6.89. The van der Waals surface area contributed by atoms with Gasteiger partial charge in [-0.15, -0.1) is 10.2 Å². The Bertz CT molecular complexity index is 925. The second-order valence-electron chi connectivity index (χ2n) is 6.89. The van der Waals surface area contributed by atoms with E-state index in [-0.39, 0.29) is 5.91 Å². The molecule has 3 heterocycles. The molecule has 1 amide bonds. The highest BCUT2D eigenvalue weighted by atomic mass is 16.3. The van der Waals surface area contributed by atoms with Gasteiger partial charge in [0.2, 0.25) is 5.91 Å². The van der Waals surface area contributed by atoms with Crippen molar-refractivity contribution >= 4 is 16.9 Å². The fourth-order valence-electron chi connectivity index (χ4n) is 3.57. The number of amides is 1. The Kier molecular flexibility index (Phi) is 4.73. The van der Waals surface area contributed by atoms with Crippen molar-refractivity contribution in [2.24, 2.45) is 0 Å². The van der Waals surface area contributed by atoms with Crippen LogP contribution in [-0.2, 0) is 37.1 Å². The van der Waals surface area contributed by atoms with Gasteiger partial charge >= 0.3 is 0 Å². The molecule has 1 aromatic carbocycles. The van der Waals surface area contributed by atoms with E-state index in [9.17, 15) is 4.79 Å². The van der Waals surface area contributed by atoms with Crippen LogP contribution >= 0.6 is 0 Å². The van der Waals surface area contributed by atoms with Crippen LogP contribution in [-0.4, -0.2) is 20.7 Å². The number of benzene rings is 1. The van der Waals surface area contributed by atoms with Crippen molar-refractivity contribution in [1.82, 2.24) is 20.1 Å². The lowest BCUT2D eigenvalue weighted by Crippen LogP contribution is -2.26. The van der Waals surface area contributed by atoms with Gasteiger partial charge in [-0.05, 0) is 30.9 Å². The highest BCUT2D eigenvalue weighted by Gasteiger charge is 2.16. The molecule has 0 saturated heterocycles. The lowest BCUT2D eigenvalue weighted by Gasteiger charge is -2.08. The maximum atomic E-state index is 12.4. The summed E-state index contributed by atoms with van der Waals surface area (Å²) in [5.74, 6) is 1.86. The number of hydrogen-bond donors (Lipinski definition) is 1. The molecule has 0 unspecified atom stereocenters. The molecule has 0 fully saturated rings. The van der Waals surface area contributed by atoms with Crippen LogP contribution in [0.2, 0.25) is 0 Å². The van der Waals surface area contributed by atoms with Crippen LogP contribution in [0.1, 0.15) is 49.0 Å². The summed E-state index contributed by atoms with van der Waals surface area (Å²) >= 11 is 0. The van der Waals surface area contributed by atoms with E-state index in [1.54, 1.807) is 6.26 Å². The van der Waals surface area contributed by atoms with Crippen LogP contribution in [0.5, 0.6) is 0 Å². The maximum Gasteiger partial charge on any atom is 0.224 e. The number of carbonyl (C=O) groups is 1. The predicted molar refractivity (Wildman–Crippen MR) is 98.7 cm³/mol. The molecule has 0 aliphatic carbocycles. The van der Waals surface area contributed by atoms with Gasteiger partial charge in [-0.1, -0.05) is 25.5 Å². The van der Waals surface area contributed by atoms with Crippen molar-refractivity contribution in [3.05, 3.63) is 47.2 Å². The minimum absolute atomic E-state index is 0.0294. The van der Waals surface area contributed by atoms with E-state index < -0.39 is 0 Å². The maximum absolute atomic E-state index is 12.4. The molecule has 2 aromatic heterocycles. The molecule has 0 radical (unpaired) electrons. The number of aromatic nitrogens is 3. The predicted octanol–water partition coefficient (Wildman–Crippen LogP) is 3.17. The Hall–Kier alpha value is -2.63. The highest BCUT2D eigenvalue weighted by molar-refractivity contribution is 5.87. The van der Waals surface area contributed by atoms with Crippen LogP contribution in [0, 0.1) is 0 Å². The van der Waals surface area contributed by atoms with Crippen LogP contribution in [0.3, 0.4) is 0 Å². The number of fused-ring (bicyclic) bond motifs is 2. The van der Waals surface area contributed by atoms with E-state index in [0.29, 0.717) is 13.0 Å². The van der Waals surface area contributed by atoms with Gasteiger partial charge in [0.25, 0.3) is 0 Å². The average Bonchev–Trinajstić information content (AvgIpc) is 3.15. The van der Waals surface area contributed by atoms with E-state index in [4.69, 9.17) is 4.42 Å². The summed E-state index contributed by atoms with van der Waals surface area (Å²) in [5.41, 5.74) is 2.99. The Morgan fingerprint density at radius 1 is 1.27 bits per heavy atom. The first kappa shape index (κ1) is 16.8. The molecule has 136 valence electrons. The fourth-order valence-corrected chi connectivity index (χ4v) is 3.57. The summed E-state index contributed by atoms with van der Waals surface area (Å²) in [5, 5.41) is 12.5. The van der Waals surface area contributed by atoms with E-state index in [1.807, 2.05) is 12.1 Å². The van der Waals surface area contributed by atoms with Crippen LogP contribution < -0.4 is 5.32 Å². The van der Waals surface area contributed by atoms with Crippen LogP contribution in [0.15, 0.2) is 28.9 Å². The van der Waals surface area contributed by atoms with Gasteiger partial charge in [0.05, 0.1) is 19.2 Å². The number of nitrogens with one attached hydrogen (secondary N) is 1. The monoisotopic (exact) mass is 352 g/mol. The van der Waals surface area contributed by atoms with Gasteiger partial charge in [-0.2, -0.15) is 0 Å². The summed E-state index contributed by atoms with van der Waals surface area (Å²) < 4.78 is 7.78. The Balaban J connectivity index is 1.41. The van der Waals surface area contributed by atoms with Gasteiger partial charge < -0.3 is 14.3 Å². The molecule has 4 rings (SSSR count). The number of aryl methyl sites for hydroxylation is 2. The third kappa shape index (κ3) is 3.36. The van der Waals surface area contributed by atoms with Crippen molar-refractivity contribution in [2.45, 2.75) is 58.5 Å². The summed E-state index contributed by atoms with van der Waals surface area (Å²) in [6, 6.07) is 6.17. The Labute approximate surface area is 152 Å². The first-order valence-electron chi connectivity index (χ1n) is 9.41. The minimum atomic E-state index is -0.0294. The summed E-state index contributed by atoms with van der Waals surface area (Å²) in [7, 11) is 0. The number of carbonyl (C=O) groups excluding carboxylic acids is 1. The van der Waals surface area contributed by atoms with Crippen LogP contribution in [0.25, 0.3) is 11.0 Å². The SMILES string of the molecule is CCc1ccc2c(CC(=O)NCc3nnc4n3CCCCC4)coc2c1. The molecule has 6 nitrogen and oxygen atoms in total. The summed E-state index contributed by atoms with van der Waals surface area (Å²) in [4.78, 5) is 12.4. The zero-order valence-electron chi connectivity index (χ0n) is 15.1. The third-order valence-corrected chi connectivity index (χ3v) is 5.11. The molecular formula is C20H24N4O2. The first-order chi connectivity index (χ1) is 12.7. The minimum Gasteiger partial charge on any atom is -0.464 e. The van der Waals surface area contributed by atoms with Gasteiger partial charge in [-0.3, -0.25) is 4.79 Å². The summed E-state index contributed by atoms with van der Waals surface area (Å²) in [6.07, 6.45) is 7.47. The fraction of sp³-hybridized carbons (Fsp3) is 0.450. The lowest BCUT2D eigenvalue weighted by molar-refractivity contribution is -0.120. The highest BCUT2D eigenvalue weighted by Crippen LogP contribution is 2.23. The molecule has 0 spiro atoms. The quantitative estimate of drug-likeness (QED) is 0.765. The molecule has 0 atom stereocenters. The molecule has 0 saturated carbocycles. The smallest absolute Gasteiger partial charge is 0.224 e. The standard InChI is InChI=1S/C20H24N4O2/c1-2-14-7-8-16-15(13-26-17(16)10-14)11-20(25)21-12-19-23-22-18-6-4-3-5-9-24(18)19/h7-8,10,13H,2-6,9,11-12H2,1H3,(H,21,25). The molecule has 26 heavy (non-hydrogen) atoms. The number of furan rings is 1. The van der Waals surface area contributed by atoms with Crippen molar-refractivity contribution < 1.29 is 9.21 Å². The van der Waals surface area contributed by atoms with E-state index in [1.165, 1.54) is 12.0 Å².